The number of aromatic nitrogens is 2. The first-order valence-electron chi connectivity index (χ1n) is 7.14. The molecule has 1 unspecified atom stereocenters. The minimum Gasteiger partial charge on any atom is -0.337 e. The number of nitrogens with zero attached hydrogens (tertiary/aromatic N) is 3. The van der Waals surface area contributed by atoms with E-state index in [1.165, 1.54) is 38.1 Å². The normalized spacial score (nSPS) is 28.0. The Bertz CT molecular complexity index is 406. The van der Waals surface area contributed by atoms with Gasteiger partial charge in [-0.1, -0.05) is 12.8 Å². The van der Waals surface area contributed by atoms with Crippen LogP contribution >= 0.6 is 0 Å². The smallest absolute Gasteiger partial charge is 0.122 e. The van der Waals surface area contributed by atoms with Gasteiger partial charge < -0.3 is 9.88 Å². The number of nitrogens with one attached hydrogen (secondary N) is 1. The molecule has 1 saturated heterocycles. The van der Waals surface area contributed by atoms with E-state index in [0.717, 1.165) is 13.1 Å². The molecule has 1 N–H and O–H groups in total. The van der Waals surface area contributed by atoms with Crippen LogP contribution in [0.3, 0.4) is 0 Å². The molecule has 1 atom stereocenters. The van der Waals surface area contributed by atoms with E-state index in [0.29, 0.717) is 11.6 Å². The van der Waals surface area contributed by atoms with E-state index >= 15 is 0 Å². The fraction of sp³-hybridized carbons (Fsp3) is 0.786. The van der Waals surface area contributed by atoms with Gasteiger partial charge in [0, 0.05) is 44.1 Å². The molecule has 1 aliphatic carbocycles. The van der Waals surface area contributed by atoms with Gasteiger partial charge in [-0.15, -0.1) is 0 Å². The lowest BCUT2D eigenvalue weighted by Crippen LogP contribution is -2.62. The molecule has 0 amide bonds. The van der Waals surface area contributed by atoms with Gasteiger partial charge in [-0.3, -0.25) is 4.90 Å². The summed E-state index contributed by atoms with van der Waals surface area (Å²) in [4.78, 5) is 7.06. The number of aryl methyl sites for hydroxylation is 1. The van der Waals surface area contributed by atoms with E-state index < -0.39 is 0 Å². The summed E-state index contributed by atoms with van der Waals surface area (Å²) in [6, 6.07) is 0.605. The lowest BCUT2D eigenvalue weighted by Gasteiger charge is -2.45. The molecule has 1 saturated carbocycles. The van der Waals surface area contributed by atoms with Crippen molar-refractivity contribution >= 4 is 0 Å². The second kappa shape index (κ2) is 4.67. The van der Waals surface area contributed by atoms with E-state index in [2.05, 4.69) is 33.7 Å². The van der Waals surface area contributed by atoms with Crippen LogP contribution in [0.1, 0.15) is 38.4 Å². The fourth-order valence-corrected chi connectivity index (χ4v) is 3.42. The average Bonchev–Trinajstić information content (AvgIpc) is 2.96. The Labute approximate surface area is 109 Å². The van der Waals surface area contributed by atoms with Gasteiger partial charge in [0.15, 0.2) is 0 Å². The zero-order valence-electron chi connectivity index (χ0n) is 11.5. The van der Waals surface area contributed by atoms with Crippen molar-refractivity contribution < 1.29 is 0 Å². The third-order valence-corrected chi connectivity index (χ3v) is 4.73. The Morgan fingerprint density at radius 3 is 2.89 bits per heavy atom. The van der Waals surface area contributed by atoms with Crippen molar-refractivity contribution in [3.63, 3.8) is 0 Å². The van der Waals surface area contributed by atoms with Crippen LogP contribution in [-0.4, -0.2) is 39.1 Å². The summed E-state index contributed by atoms with van der Waals surface area (Å²) in [5.41, 5.74) is 0.400. The number of piperazine rings is 1. The van der Waals surface area contributed by atoms with Crippen molar-refractivity contribution in [2.45, 2.75) is 50.7 Å². The number of rotatable bonds is 2. The summed E-state index contributed by atoms with van der Waals surface area (Å²) in [5, 5.41) is 3.80. The van der Waals surface area contributed by atoms with Gasteiger partial charge >= 0.3 is 0 Å². The Kier molecular flexibility index (Phi) is 3.16. The van der Waals surface area contributed by atoms with Crippen LogP contribution in [0.5, 0.6) is 0 Å². The highest BCUT2D eigenvalue weighted by Crippen LogP contribution is 2.33. The van der Waals surface area contributed by atoms with Crippen LogP contribution < -0.4 is 5.32 Å². The zero-order valence-corrected chi connectivity index (χ0v) is 11.5. The SMILES string of the molecule is CC1CNC2(CCCC2)CN1Cc1nccn1C. The van der Waals surface area contributed by atoms with Crippen LogP contribution in [-0.2, 0) is 13.6 Å². The maximum atomic E-state index is 4.46. The fourth-order valence-electron chi connectivity index (χ4n) is 3.42. The predicted octanol–water partition coefficient (Wildman–Crippen LogP) is 1.53. The molecule has 2 heterocycles. The molecular weight excluding hydrogens is 224 g/mol. The Balaban J connectivity index is 1.72. The molecule has 100 valence electrons. The van der Waals surface area contributed by atoms with Gasteiger partial charge in [-0.05, 0) is 19.8 Å². The minimum absolute atomic E-state index is 0.400. The van der Waals surface area contributed by atoms with Gasteiger partial charge in [0.25, 0.3) is 0 Å². The van der Waals surface area contributed by atoms with Crippen molar-refractivity contribution in [3.8, 4) is 0 Å². The van der Waals surface area contributed by atoms with E-state index in [1.807, 2.05) is 12.4 Å². The number of hydrogen-bond acceptors (Lipinski definition) is 3. The van der Waals surface area contributed by atoms with E-state index in [4.69, 9.17) is 0 Å². The van der Waals surface area contributed by atoms with E-state index in [-0.39, 0.29) is 0 Å². The zero-order chi connectivity index (χ0) is 12.6. The standard InChI is InChI=1S/C14H24N4/c1-12-9-16-14(5-3-4-6-14)11-18(12)10-13-15-7-8-17(13)2/h7-8,12,16H,3-6,9-11H2,1-2H3. The Hall–Kier alpha value is -0.870. The maximum absolute atomic E-state index is 4.46. The van der Waals surface area contributed by atoms with Crippen molar-refractivity contribution in [2.75, 3.05) is 13.1 Å². The van der Waals surface area contributed by atoms with Gasteiger partial charge in [0.05, 0.1) is 6.54 Å². The van der Waals surface area contributed by atoms with Crippen molar-refractivity contribution in [1.82, 2.24) is 19.8 Å². The molecule has 0 aromatic carbocycles. The van der Waals surface area contributed by atoms with Crippen LogP contribution in [0.25, 0.3) is 0 Å². The molecule has 4 heteroatoms. The maximum Gasteiger partial charge on any atom is 0.122 e. The Morgan fingerprint density at radius 2 is 2.22 bits per heavy atom. The number of imidazole rings is 1. The largest absolute Gasteiger partial charge is 0.337 e. The summed E-state index contributed by atoms with van der Waals surface area (Å²) in [5.74, 6) is 1.18. The molecular formula is C14H24N4. The molecule has 2 aliphatic rings. The molecule has 1 aromatic rings. The quantitative estimate of drug-likeness (QED) is 0.861. The van der Waals surface area contributed by atoms with Gasteiger partial charge in [-0.25, -0.2) is 4.98 Å². The second-order valence-corrected chi connectivity index (χ2v) is 6.08. The number of hydrogen-bond donors (Lipinski definition) is 1. The molecule has 0 bridgehead atoms. The monoisotopic (exact) mass is 248 g/mol. The van der Waals surface area contributed by atoms with Crippen LogP contribution in [0.4, 0.5) is 0 Å². The van der Waals surface area contributed by atoms with E-state index in [9.17, 15) is 0 Å². The van der Waals surface area contributed by atoms with E-state index in [1.54, 1.807) is 0 Å². The summed E-state index contributed by atoms with van der Waals surface area (Å²) in [6.07, 6.45) is 9.39. The van der Waals surface area contributed by atoms with Crippen LogP contribution in [0.2, 0.25) is 0 Å². The highest BCUT2D eigenvalue weighted by Gasteiger charge is 2.39. The molecule has 1 aliphatic heterocycles. The third-order valence-electron chi connectivity index (χ3n) is 4.73. The van der Waals surface area contributed by atoms with Gasteiger partial charge in [-0.2, -0.15) is 0 Å². The molecule has 2 fully saturated rings. The lowest BCUT2D eigenvalue weighted by molar-refractivity contribution is 0.0796. The molecule has 0 radical (unpaired) electrons. The predicted molar refractivity (Wildman–Crippen MR) is 72.3 cm³/mol. The van der Waals surface area contributed by atoms with Crippen LogP contribution in [0.15, 0.2) is 12.4 Å². The Morgan fingerprint density at radius 1 is 1.44 bits per heavy atom. The first-order valence-corrected chi connectivity index (χ1v) is 7.14. The van der Waals surface area contributed by atoms with Gasteiger partial charge in [0.2, 0.25) is 0 Å². The van der Waals surface area contributed by atoms with Crippen LogP contribution in [0, 0.1) is 0 Å². The van der Waals surface area contributed by atoms with Gasteiger partial charge in [0.1, 0.15) is 5.82 Å². The molecule has 18 heavy (non-hydrogen) atoms. The topological polar surface area (TPSA) is 33.1 Å². The third kappa shape index (κ3) is 2.19. The summed E-state index contributed by atoms with van der Waals surface area (Å²) < 4.78 is 2.13. The minimum atomic E-state index is 0.400. The van der Waals surface area contributed by atoms with Crippen molar-refractivity contribution in [3.05, 3.63) is 18.2 Å². The lowest BCUT2D eigenvalue weighted by atomic mass is 9.92. The summed E-state index contributed by atoms with van der Waals surface area (Å²) in [6.45, 7) is 5.59. The first-order chi connectivity index (χ1) is 8.69. The second-order valence-electron chi connectivity index (χ2n) is 6.08. The molecule has 1 spiro atoms. The molecule has 3 rings (SSSR count). The first kappa shape index (κ1) is 12.2. The highest BCUT2D eigenvalue weighted by atomic mass is 15.3. The molecule has 1 aromatic heterocycles. The van der Waals surface area contributed by atoms with Crippen molar-refractivity contribution in [1.29, 1.82) is 0 Å². The molecule has 4 nitrogen and oxygen atoms in total. The summed E-state index contributed by atoms with van der Waals surface area (Å²) >= 11 is 0. The average molecular weight is 248 g/mol. The van der Waals surface area contributed by atoms with Crippen molar-refractivity contribution in [2.24, 2.45) is 7.05 Å². The summed E-state index contributed by atoms with van der Waals surface area (Å²) in [7, 11) is 2.08. The highest BCUT2D eigenvalue weighted by molar-refractivity contribution is 5.02.